The number of hydrazone groups is 1. The Balaban J connectivity index is 1.34. The summed E-state index contributed by atoms with van der Waals surface area (Å²) in [5.41, 5.74) is 1.45. The highest BCUT2D eigenvalue weighted by molar-refractivity contribution is 5.90. The van der Waals surface area contributed by atoms with Crippen molar-refractivity contribution in [3.8, 4) is 0 Å². The number of hydrogen-bond donors (Lipinski definition) is 1. The molecule has 2 aromatic carbocycles. The van der Waals surface area contributed by atoms with Crippen LogP contribution in [0.15, 0.2) is 47.6 Å². The van der Waals surface area contributed by atoms with E-state index in [2.05, 4.69) is 10.4 Å². The first-order valence-electron chi connectivity index (χ1n) is 11.1. The number of non-ortho nitro benzene ring substituents is 1. The van der Waals surface area contributed by atoms with E-state index in [1.165, 1.54) is 30.0 Å². The molecule has 35 heavy (non-hydrogen) atoms. The van der Waals surface area contributed by atoms with Crippen LogP contribution in [0.3, 0.4) is 0 Å². The monoisotopic (exact) mass is 484 g/mol. The fourth-order valence-corrected chi connectivity index (χ4v) is 3.94. The lowest BCUT2D eigenvalue weighted by Crippen LogP contribution is -2.44. The van der Waals surface area contributed by atoms with Crippen molar-refractivity contribution in [3.05, 3.63) is 64.0 Å². The zero-order valence-corrected chi connectivity index (χ0v) is 19.1. The molecule has 2 aliphatic heterocycles. The molecule has 0 aromatic heterocycles. The van der Waals surface area contributed by atoms with E-state index < -0.39 is 22.9 Å². The van der Waals surface area contributed by atoms with E-state index in [1.54, 1.807) is 30.5 Å². The van der Waals surface area contributed by atoms with Gasteiger partial charge >= 0.3 is 6.09 Å². The van der Waals surface area contributed by atoms with Crippen LogP contribution in [0.25, 0.3) is 0 Å². The van der Waals surface area contributed by atoms with Crippen LogP contribution in [-0.2, 0) is 9.53 Å². The maximum atomic E-state index is 15.0. The van der Waals surface area contributed by atoms with Crippen LogP contribution >= 0.6 is 0 Å². The van der Waals surface area contributed by atoms with Gasteiger partial charge < -0.3 is 15.0 Å². The number of anilines is 2. The van der Waals surface area contributed by atoms with Gasteiger partial charge in [0.2, 0.25) is 5.91 Å². The minimum Gasteiger partial charge on any atom is -0.442 e. The average molecular weight is 484 g/mol. The van der Waals surface area contributed by atoms with Gasteiger partial charge in [0, 0.05) is 37.7 Å². The molecule has 1 N–H and O–H groups in total. The number of benzene rings is 2. The standard InChI is InChI=1S/C23H25FN6O5/c1-16(31)25-14-20-15-29(23(32)35-20)18-5-6-22(21(24)12-18)27-7-9-28(10-8-27)26-13-17-3-2-4-19(11-17)30(33)34/h2-6,11-13,20H,7-10,14-15H2,1H3,(H,25,31)/b26-13+/t20-/m0/s1. The number of nitro groups is 1. The largest absolute Gasteiger partial charge is 0.442 e. The van der Waals surface area contributed by atoms with Crippen molar-refractivity contribution in [1.29, 1.82) is 0 Å². The summed E-state index contributed by atoms with van der Waals surface area (Å²) in [5.74, 6) is -0.668. The van der Waals surface area contributed by atoms with Gasteiger partial charge in [-0.15, -0.1) is 0 Å². The second kappa shape index (κ2) is 10.4. The third kappa shape index (κ3) is 5.83. The van der Waals surface area contributed by atoms with E-state index in [0.717, 1.165) is 0 Å². The van der Waals surface area contributed by atoms with Crippen molar-refractivity contribution in [1.82, 2.24) is 10.3 Å². The van der Waals surface area contributed by atoms with Crippen molar-refractivity contribution in [2.45, 2.75) is 13.0 Å². The topological polar surface area (TPSA) is 121 Å². The van der Waals surface area contributed by atoms with Crippen LogP contribution < -0.4 is 15.1 Å². The smallest absolute Gasteiger partial charge is 0.414 e. The molecule has 4 rings (SSSR count). The lowest BCUT2D eigenvalue weighted by Gasteiger charge is -2.34. The van der Waals surface area contributed by atoms with Crippen LogP contribution in [0, 0.1) is 15.9 Å². The van der Waals surface area contributed by atoms with Gasteiger partial charge in [0.25, 0.3) is 5.69 Å². The number of amides is 2. The van der Waals surface area contributed by atoms with E-state index in [-0.39, 0.29) is 24.7 Å². The average Bonchev–Trinajstić information content (AvgIpc) is 3.22. The highest BCUT2D eigenvalue weighted by atomic mass is 19.1. The Morgan fingerprint density at radius 3 is 2.71 bits per heavy atom. The number of hydrogen-bond acceptors (Lipinski definition) is 8. The molecule has 0 aliphatic carbocycles. The van der Waals surface area contributed by atoms with E-state index in [4.69, 9.17) is 4.74 Å². The minimum atomic E-state index is -0.581. The zero-order valence-electron chi connectivity index (χ0n) is 19.1. The van der Waals surface area contributed by atoms with Crippen molar-refractivity contribution < 1.29 is 23.6 Å². The highest BCUT2D eigenvalue weighted by Gasteiger charge is 2.33. The highest BCUT2D eigenvalue weighted by Crippen LogP contribution is 2.28. The van der Waals surface area contributed by atoms with Crippen LogP contribution in [0.2, 0.25) is 0 Å². The normalized spacial score (nSPS) is 18.2. The number of nitrogens with one attached hydrogen (secondary N) is 1. The summed E-state index contributed by atoms with van der Waals surface area (Å²) < 4.78 is 20.2. The van der Waals surface area contributed by atoms with Crippen LogP contribution in [0.5, 0.6) is 0 Å². The van der Waals surface area contributed by atoms with E-state index in [1.807, 2.05) is 9.91 Å². The van der Waals surface area contributed by atoms with Crippen LogP contribution in [0.1, 0.15) is 12.5 Å². The second-order valence-corrected chi connectivity index (χ2v) is 8.23. The summed E-state index contributed by atoms with van der Waals surface area (Å²) in [6.45, 7) is 3.98. The molecule has 2 amide bonds. The first-order chi connectivity index (χ1) is 16.8. The number of rotatable bonds is 7. The quantitative estimate of drug-likeness (QED) is 0.364. The fraction of sp³-hybridized carbons (Fsp3) is 0.348. The van der Waals surface area contributed by atoms with Crippen molar-refractivity contribution >= 4 is 35.3 Å². The van der Waals surface area contributed by atoms with Gasteiger partial charge in [0.05, 0.1) is 48.7 Å². The molecule has 0 bridgehead atoms. The SMILES string of the molecule is CC(=O)NC[C@H]1CN(c2ccc(N3CCN(/N=C/c4cccc([N+](=O)[O-])c4)CC3)c(F)c2)C(=O)O1. The molecule has 2 aromatic rings. The van der Waals surface area contributed by atoms with Gasteiger partial charge in [-0.2, -0.15) is 5.10 Å². The molecule has 12 heteroatoms. The Kier molecular flexibility index (Phi) is 7.09. The van der Waals surface area contributed by atoms with Gasteiger partial charge in [-0.25, -0.2) is 9.18 Å². The van der Waals surface area contributed by atoms with Gasteiger partial charge in [-0.3, -0.25) is 24.8 Å². The first kappa shape index (κ1) is 23.9. The Labute approximate surface area is 200 Å². The van der Waals surface area contributed by atoms with Crippen LogP contribution in [0.4, 0.5) is 26.2 Å². The van der Waals surface area contributed by atoms with Gasteiger partial charge in [-0.1, -0.05) is 12.1 Å². The van der Waals surface area contributed by atoms with Crippen molar-refractivity contribution in [2.24, 2.45) is 5.10 Å². The maximum absolute atomic E-state index is 15.0. The molecule has 1 atom stereocenters. The van der Waals surface area contributed by atoms with Crippen molar-refractivity contribution in [2.75, 3.05) is 49.1 Å². The first-order valence-corrected chi connectivity index (χ1v) is 11.1. The summed E-state index contributed by atoms with van der Waals surface area (Å²) >= 11 is 0. The Morgan fingerprint density at radius 1 is 1.26 bits per heavy atom. The number of carbonyl (C=O) groups excluding carboxylic acids is 2. The Hall–Kier alpha value is -4.22. The number of carbonyl (C=O) groups is 2. The van der Waals surface area contributed by atoms with Gasteiger partial charge in [0.15, 0.2) is 0 Å². The second-order valence-electron chi connectivity index (χ2n) is 8.23. The molecular weight excluding hydrogens is 459 g/mol. The van der Waals surface area contributed by atoms with Crippen molar-refractivity contribution in [3.63, 3.8) is 0 Å². The molecule has 2 aliphatic rings. The summed E-state index contributed by atoms with van der Waals surface area (Å²) in [6, 6.07) is 10.8. The predicted octanol–water partition coefficient (Wildman–Crippen LogP) is 2.35. The molecule has 0 spiro atoms. The Morgan fingerprint density at radius 2 is 2.03 bits per heavy atom. The molecule has 0 saturated carbocycles. The summed E-state index contributed by atoms with van der Waals surface area (Å²) in [5, 5.41) is 19.7. The summed E-state index contributed by atoms with van der Waals surface area (Å²) in [4.78, 5) is 37.0. The molecule has 11 nitrogen and oxygen atoms in total. The van der Waals surface area contributed by atoms with E-state index in [9.17, 15) is 24.1 Å². The number of nitro benzene ring substituents is 1. The molecule has 0 unspecified atom stereocenters. The number of piperazine rings is 1. The minimum absolute atomic E-state index is 0.00290. The number of cyclic esters (lactones) is 1. The summed E-state index contributed by atoms with van der Waals surface area (Å²) in [7, 11) is 0. The lowest BCUT2D eigenvalue weighted by molar-refractivity contribution is -0.384. The predicted molar refractivity (Wildman–Crippen MR) is 127 cm³/mol. The van der Waals surface area contributed by atoms with E-state index in [0.29, 0.717) is 43.1 Å². The molecule has 2 heterocycles. The maximum Gasteiger partial charge on any atom is 0.414 e. The van der Waals surface area contributed by atoms with Gasteiger partial charge in [-0.05, 0) is 18.2 Å². The molecular formula is C23H25FN6O5. The fourth-order valence-electron chi connectivity index (χ4n) is 3.94. The lowest BCUT2D eigenvalue weighted by atomic mass is 10.2. The molecule has 2 fully saturated rings. The molecule has 2 saturated heterocycles. The number of halogens is 1. The number of nitrogens with zero attached hydrogens (tertiary/aromatic N) is 5. The zero-order chi connectivity index (χ0) is 24.9. The van der Waals surface area contributed by atoms with Gasteiger partial charge in [0.1, 0.15) is 11.9 Å². The Bertz CT molecular complexity index is 1150. The summed E-state index contributed by atoms with van der Waals surface area (Å²) in [6.07, 6.45) is 0.499. The molecule has 0 radical (unpaired) electrons. The van der Waals surface area contributed by atoms with E-state index >= 15 is 0 Å². The molecule has 184 valence electrons. The third-order valence-corrected chi connectivity index (χ3v) is 5.74. The number of ether oxygens (including phenoxy) is 1. The van der Waals surface area contributed by atoms with Crippen LogP contribution in [-0.4, -0.2) is 73.5 Å². The third-order valence-electron chi connectivity index (χ3n) is 5.74.